The first kappa shape index (κ1) is 20.0. The van der Waals surface area contributed by atoms with Gasteiger partial charge in [0.1, 0.15) is 11.6 Å². The number of anilines is 1. The van der Waals surface area contributed by atoms with Crippen LogP contribution in [-0.4, -0.2) is 43.7 Å². The molecule has 0 aromatic heterocycles. The molecule has 4 nitrogen and oxygen atoms in total. The third-order valence-electron chi connectivity index (χ3n) is 6.41. The molecule has 3 saturated heterocycles. The quantitative estimate of drug-likeness (QED) is 0.807. The Balaban J connectivity index is 1.49. The Bertz CT molecular complexity index is 805. The number of nitrogens with one attached hydrogen (secondary N) is 2. The minimum absolute atomic E-state index is 0.103. The molecule has 1 aromatic rings. The molecule has 0 amide bonds. The maximum absolute atomic E-state index is 15.0. The molecule has 1 unspecified atom stereocenters. The Morgan fingerprint density at radius 3 is 2.28 bits per heavy atom. The Labute approximate surface area is 171 Å². The summed E-state index contributed by atoms with van der Waals surface area (Å²) in [4.78, 5) is 4.40. The molecule has 2 N–H and O–H groups in total. The lowest BCUT2D eigenvalue weighted by molar-refractivity contribution is 0.196. The third-order valence-corrected chi connectivity index (χ3v) is 6.41. The second-order valence-electron chi connectivity index (χ2n) is 8.33. The van der Waals surface area contributed by atoms with Gasteiger partial charge in [-0.2, -0.15) is 0 Å². The molecular weight excluding hydrogens is 370 g/mol. The lowest BCUT2D eigenvalue weighted by Crippen LogP contribution is -2.51. The molecule has 4 rings (SSSR count). The number of nitrogens with zero attached hydrogens (tertiary/aromatic N) is 2. The summed E-state index contributed by atoms with van der Waals surface area (Å²) in [6, 6.07) is 3.44. The topological polar surface area (TPSA) is 30.5 Å². The summed E-state index contributed by atoms with van der Waals surface area (Å²) in [5, 5.41) is 6.44. The average Bonchev–Trinajstić information content (AvgIpc) is 2.69. The number of benzene rings is 1. The lowest BCUT2D eigenvalue weighted by Gasteiger charge is -2.44. The van der Waals surface area contributed by atoms with Gasteiger partial charge in [0.05, 0.1) is 6.54 Å². The van der Waals surface area contributed by atoms with Crippen molar-refractivity contribution in [1.29, 1.82) is 0 Å². The number of hydrogen-bond acceptors (Lipinski definition) is 4. The SMILES string of the molecule is C=C1CCC(c2c(F)cc(N3CCN(C4CCNCC4)C(=C)C3)cc2F)C(=C)N1. The molecule has 0 saturated carbocycles. The van der Waals surface area contributed by atoms with Gasteiger partial charge in [-0.25, -0.2) is 8.78 Å². The Morgan fingerprint density at radius 1 is 0.966 bits per heavy atom. The van der Waals surface area contributed by atoms with Gasteiger partial charge in [0.15, 0.2) is 0 Å². The number of rotatable bonds is 3. The molecule has 0 bridgehead atoms. The van der Waals surface area contributed by atoms with Crippen LogP contribution in [0.3, 0.4) is 0 Å². The molecule has 1 atom stereocenters. The zero-order valence-corrected chi connectivity index (χ0v) is 16.9. The number of piperidine rings is 2. The Hall–Kier alpha value is -2.34. The van der Waals surface area contributed by atoms with Gasteiger partial charge >= 0.3 is 0 Å². The number of piperazine rings is 1. The van der Waals surface area contributed by atoms with E-state index in [1.165, 1.54) is 12.1 Å². The van der Waals surface area contributed by atoms with E-state index in [-0.39, 0.29) is 11.5 Å². The highest BCUT2D eigenvalue weighted by molar-refractivity contribution is 5.52. The molecule has 3 heterocycles. The predicted molar refractivity (Wildman–Crippen MR) is 114 cm³/mol. The molecule has 1 aromatic carbocycles. The van der Waals surface area contributed by atoms with Crippen LogP contribution in [0.4, 0.5) is 14.5 Å². The van der Waals surface area contributed by atoms with Crippen LogP contribution in [0.1, 0.15) is 37.2 Å². The van der Waals surface area contributed by atoms with E-state index in [1.807, 2.05) is 4.90 Å². The normalized spacial score (nSPS) is 24.1. The van der Waals surface area contributed by atoms with Crippen molar-refractivity contribution in [2.24, 2.45) is 0 Å². The van der Waals surface area contributed by atoms with Crippen molar-refractivity contribution >= 4 is 5.69 Å². The lowest BCUT2D eigenvalue weighted by atomic mass is 9.87. The monoisotopic (exact) mass is 400 g/mol. The fourth-order valence-corrected chi connectivity index (χ4v) is 4.83. The fraction of sp³-hybridized carbons (Fsp3) is 0.478. The highest BCUT2D eigenvalue weighted by atomic mass is 19.1. The largest absolute Gasteiger partial charge is 0.369 e. The van der Waals surface area contributed by atoms with Crippen LogP contribution in [0, 0.1) is 11.6 Å². The standard InChI is InChI=1S/C23H30F2N4/c1-15-4-5-20(17(3)27-15)23-21(24)12-19(13-22(23)25)28-10-11-29(16(2)14-28)18-6-8-26-9-7-18/h12-13,18,20,26-27H,1-11,14H2. The zero-order chi connectivity index (χ0) is 20.5. The summed E-state index contributed by atoms with van der Waals surface area (Å²) in [6.07, 6.45) is 3.53. The fourth-order valence-electron chi connectivity index (χ4n) is 4.83. The first-order chi connectivity index (χ1) is 13.9. The van der Waals surface area contributed by atoms with Crippen LogP contribution in [-0.2, 0) is 0 Å². The van der Waals surface area contributed by atoms with E-state index in [1.54, 1.807) is 0 Å². The van der Waals surface area contributed by atoms with Crippen LogP contribution in [0.5, 0.6) is 0 Å². The first-order valence-corrected chi connectivity index (χ1v) is 10.5. The Kier molecular flexibility index (Phi) is 5.63. The molecule has 0 aliphatic carbocycles. The van der Waals surface area contributed by atoms with Crippen molar-refractivity contribution in [1.82, 2.24) is 15.5 Å². The summed E-state index contributed by atoms with van der Waals surface area (Å²) in [6.45, 7) is 16.3. The minimum atomic E-state index is -0.508. The van der Waals surface area contributed by atoms with Crippen molar-refractivity contribution < 1.29 is 8.78 Å². The van der Waals surface area contributed by atoms with Crippen molar-refractivity contribution in [2.75, 3.05) is 37.6 Å². The van der Waals surface area contributed by atoms with Gasteiger partial charge in [-0.15, -0.1) is 0 Å². The molecule has 29 heavy (non-hydrogen) atoms. The second kappa shape index (κ2) is 8.19. The van der Waals surface area contributed by atoms with E-state index in [9.17, 15) is 8.78 Å². The summed E-state index contributed by atoms with van der Waals surface area (Å²) >= 11 is 0. The van der Waals surface area contributed by atoms with Gasteiger partial charge in [-0.3, -0.25) is 0 Å². The summed E-state index contributed by atoms with van der Waals surface area (Å²) in [5.74, 6) is -1.39. The van der Waals surface area contributed by atoms with Gasteiger partial charge in [0.25, 0.3) is 0 Å². The van der Waals surface area contributed by atoms with Gasteiger partial charge in [-0.05, 0) is 50.9 Å². The van der Waals surface area contributed by atoms with E-state index in [0.717, 1.165) is 50.4 Å². The van der Waals surface area contributed by atoms with Crippen molar-refractivity contribution in [3.63, 3.8) is 0 Å². The first-order valence-electron chi connectivity index (χ1n) is 10.5. The highest BCUT2D eigenvalue weighted by Crippen LogP contribution is 2.37. The van der Waals surface area contributed by atoms with Crippen LogP contribution in [0.15, 0.2) is 49.0 Å². The maximum atomic E-state index is 15.0. The van der Waals surface area contributed by atoms with Gasteiger partial charge in [0.2, 0.25) is 0 Å². The zero-order valence-electron chi connectivity index (χ0n) is 16.9. The van der Waals surface area contributed by atoms with E-state index in [0.29, 0.717) is 36.8 Å². The van der Waals surface area contributed by atoms with Gasteiger partial charge in [-0.1, -0.05) is 19.7 Å². The van der Waals surface area contributed by atoms with Gasteiger partial charge in [0, 0.05) is 53.4 Å². The summed E-state index contributed by atoms with van der Waals surface area (Å²) < 4.78 is 30.0. The average molecular weight is 401 g/mol. The number of allylic oxidation sites excluding steroid dienone is 2. The van der Waals surface area contributed by atoms with Gasteiger partial charge < -0.3 is 20.4 Å². The molecule has 0 spiro atoms. The molecular formula is C23H30F2N4. The van der Waals surface area contributed by atoms with Crippen molar-refractivity contribution in [3.8, 4) is 0 Å². The number of hydrogen-bond donors (Lipinski definition) is 2. The van der Waals surface area contributed by atoms with E-state index < -0.39 is 11.6 Å². The number of halogens is 2. The Morgan fingerprint density at radius 2 is 1.66 bits per heavy atom. The molecule has 3 aliphatic rings. The highest BCUT2D eigenvalue weighted by Gasteiger charge is 2.30. The summed E-state index contributed by atoms with van der Waals surface area (Å²) in [5.41, 5.74) is 3.15. The molecule has 6 heteroatoms. The maximum Gasteiger partial charge on any atom is 0.132 e. The van der Waals surface area contributed by atoms with E-state index in [4.69, 9.17) is 0 Å². The predicted octanol–water partition coefficient (Wildman–Crippen LogP) is 3.85. The second-order valence-corrected chi connectivity index (χ2v) is 8.33. The van der Waals surface area contributed by atoms with Crippen molar-refractivity contribution in [3.05, 3.63) is 66.2 Å². The summed E-state index contributed by atoms with van der Waals surface area (Å²) in [7, 11) is 0. The third kappa shape index (κ3) is 4.04. The van der Waals surface area contributed by atoms with E-state index in [2.05, 4.69) is 35.3 Å². The van der Waals surface area contributed by atoms with Crippen LogP contribution in [0.2, 0.25) is 0 Å². The minimum Gasteiger partial charge on any atom is -0.369 e. The molecule has 3 aliphatic heterocycles. The molecule has 156 valence electrons. The smallest absolute Gasteiger partial charge is 0.132 e. The van der Waals surface area contributed by atoms with Crippen molar-refractivity contribution in [2.45, 2.75) is 37.6 Å². The molecule has 3 fully saturated rings. The van der Waals surface area contributed by atoms with E-state index >= 15 is 0 Å². The van der Waals surface area contributed by atoms with Crippen LogP contribution >= 0.6 is 0 Å². The van der Waals surface area contributed by atoms with Crippen LogP contribution in [0.25, 0.3) is 0 Å². The molecule has 0 radical (unpaired) electrons. The van der Waals surface area contributed by atoms with Crippen LogP contribution < -0.4 is 15.5 Å².